The van der Waals surface area contributed by atoms with E-state index in [1.807, 2.05) is 53.8 Å². The van der Waals surface area contributed by atoms with Gasteiger partial charge in [-0.1, -0.05) is 117 Å². The summed E-state index contributed by atoms with van der Waals surface area (Å²) in [4.78, 5) is 17.1. The molecule has 0 amide bonds. The van der Waals surface area contributed by atoms with Crippen molar-refractivity contribution in [2.24, 2.45) is 16.7 Å². The van der Waals surface area contributed by atoms with E-state index in [1.165, 1.54) is 44.3 Å². The van der Waals surface area contributed by atoms with Crippen LogP contribution >= 0.6 is 0 Å². The molecule has 0 atom stereocenters. The smallest absolute Gasteiger partial charge is 0.164 e. The number of aliphatic hydroxyl groups is 1. The van der Waals surface area contributed by atoms with Gasteiger partial charge in [0.1, 0.15) is 5.76 Å². The molecule has 0 unspecified atom stereocenters. The average molecular weight is 783 g/mol. The summed E-state index contributed by atoms with van der Waals surface area (Å²) in [6.45, 7) is 21.3. The molecule has 0 aliphatic heterocycles. The molecule has 1 radical (unpaired) electrons. The van der Waals surface area contributed by atoms with E-state index in [9.17, 15) is 9.90 Å². The fourth-order valence-electron chi connectivity index (χ4n) is 6.48. The molecule has 4 heteroatoms. The Kier molecular flexibility index (Phi) is 11.7. The topological polar surface area (TPSA) is 50.2 Å². The summed E-state index contributed by atoms with van der Waals surface area (Å²) >= 11 is 0. The Balaban J connectivity index is 0.000000270. The Morgan fingerprint density at radius 1 is 0.956 bits per heavy atom. The predicted octanol–water partition coefficient (Wildman–Crippen LogP) is 11.3. The summed E-state index contributed by atoms with van der Waals surface area (Å²) in [6, 6.07) is 21.2. The first-order chi connectivity index (χ1) is 20.8. The third kappa shape index (κ3) is 6.98. The zero-order chi connectivity index (χ0) is 32.4. The van der Waals surface area contributed by atoms with Gasteiger partial charge in [-0.3, -0.25) is 4.79 Å². The molecule has 0 fully saturated rings. The number of nitrogens with zero attached hydrogens (tertiary/aromatic N) is 1. The summed E-state index contributed by atoms with van der Waals surface area (Å²) in [5.74, 6) is 0.935. The monoisotopic (exact) mass is 783 g/mol. The fraction of sp³-hybridized carbons (Fsp3) is 0.463. The van der Waals surface area contributed by atoms with Gasteiger partial charge in [-0.2, -0.15) is 0 Å². The van der Waals surface area contributed by atoms with Gasteiger partial charge in [-0.15, -0.1) is 29.1 Å². The van der Waals surface area contributed by atoms with E-state index in [0.29, 0.717) is 5.92 Å². The van der Waals surface area contributed by atoms with Gasteiger partial charge >= 0.3 is 0 Å². The Morgan fingerprint density at radius 3 is 2.20 bits per heavy atom. The molecule has 1 aromatic heterocycles. The van der Waals surface area contributed by atoms with Gasteiger partial charge in [0.2, 0.25) is 0 Å². The van der Waals surface area contributed by atoms with E-state index in [-0.39, 0.29) is 47.9 Å². The minimum absolute atomic E-state index is 0. The van der Waals surface area contributed by atoms with Gasteiger partial charge < -0.3 is 10.1 Å². The van der Waals surface area contributed by atoms with Crippen molar-refractivity contribution in [3.63, 3.8) is 0 Å². The normalized spacial score (nSPS) is 14.1. The van der Waals surface area contributed by atoms with Crippen molar-refractivity contribution in [2.75, 3.05) is 0 Å². The van der Waals surface area contributed by atoms with Crippen LogP contribution in [0.2, 0.25) is 0 Å². The van der Waals surface area contributed by atoms with Crippen LogP contribution in [0, 0.1) is 22.8 Å². The standard InChI is InChI=1S/C26H24N.C15H28O2.Ir/c1-16(2)13-17-11-12-19-15-27-25-20-9-5-7-18-8-6-10-22(23(18)20)26(3,4)24(25)21(19)14-17;1-7-14(5,8-2)12(16)11-13(17)15(6,9-3)10-4;/h5-8,10-12,14-16H,13H2,1-4H3;11,16H,7-10H2,1-6H3;/q-1;;/b;12-11-;. The molecule has 45 heavy (non-hydrogen) atoms. The molecule has 4 aromatic rings. The van der Waals surface area contributed by atoms with Crippen molar-refractivity contribution >= 4 is 27.3 Å². The Morgan fingerprint density at radius 2 is 1.60 bits per heavy atom. The minimum Gasteiger partial charge on any atom is -0.512 e. The number of carbonyl (C=O) groups excluding carboxylic acids is 1. The molecule has 0 spiro atoms. The zero-order valence-corrected chi connectivity index (χ0v) is 31.4. The van der Waals surface area contributed by atoms with Crippen LogP contribution < -0.4 is 0 Å². The van der Waals surface area contributed by atoms with Crippen LogP contribution in [0.25, 0.3) is 32.8 Å². The van der Waals surface area contributed by atoms with Crippen LogP contribution in [-0.2, 0) is 36.7 Å². The Hall–Kier alpha value is -2.81. The molecule has 1 heterocycles. The molecular formula is C41H52IrNO2-. The van der Waals surface area contributed by atoms with E-state index in [4.69, 9.17) is 4.98 Å². The largest absolute Gasteiger partial charge is 0.512 e. The quantitative estimate of drug-likeness (QED) is 0.105. The van der Waals surface area contributed by atoms with Gasteiger partial charge in [0.25, 0.3) is 0 Å². The van der Waals surface area contributed by atoms with E-state index in [2.05, 4.69) is 76.2 Å². The first kappa shape index (κ1) is 36.7. The Bertz CT molecular complexity index is 1680. The average Bonchev–Trinajstić information content (AvgIpc) is 3.02. The van der Waals surface area contributed by atoms with Crippen LogP contribution in [0.5, 0.6) is 0 Å². The maximum Gasteiger partial charge on any atom is 0.164 e. The van der Waals surface area contributed by atoms with E-state index in [0.717, 1.165) is 43.4 Å². The summed E-state index contributed by atoms with van der Waals surface area (Å²) in [5, 5.41) is 15.3. The Labute approximate surface area is 285 Å². The van der Waals surface area contributed by atoms with Gasteiger partial charge in [0.15, 0.2) is 5.78 Å². The van der Waals surface area contributed by atoms with Crippen molar-refractivity contribution in [3.05, 3.63) is 89.3 Å². The van der Waals surface area contributed by atoms with Crippen LogP contribution in [0.4, 0.5) is 0 Å². The second kappa shape index (κ2) is 14.3. The van der Waals surface area contributed by atoms with Gasteiger partial charge in [0.05, 0.1) is 0 Å². The van der Waals surface area contributed by atoms with E-state index < -0.39 is 0 Å². The molecule has 0 saturated heterocycles. The minimum atomic E-state index is -0.337. The summed E-state index contributed by atoms with van der Waals surface area (Å²) in [7, 11) is 0. The van der Waals surface area contributed by atoms with Gasteiger partial charge in [-0.25, -0.2) is 0 Å². The number of aliphatic hydroxyl groups excluding tert-OH is 1. The van der Waals surface area contributed by atoms with Crippen molar-refractivity contribution < 1.29 is 30.0 Å². The van der Waals surface area contributed by atoms with E-state index in [1.54, 1.807) is 0 Å². The number of rotatable bonds is 9. The number of ketones is 1. The molecular weight excluding hydrogens is 731 g/mol. The third-order valence-electron chi connectivity index (χ3n) is 10.6. The van der Waals surface area contributed by atoms with E-state index >= 15 is 0 Å². The second-order valence-electron chi connectivity index (χ2n) is 14.2. The third-order valence-corrected chi connectivity index (χ3v) is 10.6. The number of benzene rings is 3. The summed E-state index contributed by atoms with van der Waals surface area (Å²) in [6.07, 6.45) is 7.89. The molecule has 1 aliphatic carbocycles. The summed E-state index contributed by atoms with van der Waals surface area (Å²) < 4.78 is 0. The number of hydrogen-bond donors (Lipinski definition) is 1. The number of carbonyl (C=O) groups is 1. The maximum atomic E-state index is 12.2. The first-order valence-corrected chi connectivity index (χ1v) is 16.6. The summed E-state index contributed by atoms with van der Waals surface area (Å²) in [5.41, 5.74) is 5.67. The second-order valence-corrected chi connectivity index (χ2v) is 14.2. The SMILES string of the molecule is CC(C)Cc1ccc2cnc3c(c2c1)C(C)(C)c1cccc2cc[c-]c-3c12.CCC(C)(CC)C(=O)/C=C(\O)C(C)(CC)CC.[Ir]. The number of aromatic nitrogens is 1. The molecule has 243 valence electrons. The van der Waals surface area contributed by atoms with Crippen molar-refractivity contribution in [1.29, 1.82) is 0 Å². The fourth-order valence-corrected chi connectivity index (χ4v) is 6.48. The molecule has 1 N–H and O–H groups in total. The van der Waals surface area contributed by atoms with Crippen LogP contribution in [0.1, 0.15) is 112 Å². The van der Waals surface area contributed by atoms with Crippen molar-refractivity contribution in [2.45, 2.75) is 107 Å². The number of fused-ring (bicyclic) bond motifs is 4. The maximum absolute atomic E-state index is 12.2. The van der Waals surface area contributed by atoms with Crippen LogP contribution in [-0.4, -0.2) is 15.9 Å². The van der Waals surface area contributed by atoms with Crippen LogP contribution in [0.15, 0.2) is 66.6 Å². The molecule has 0 bridgehead atoms. The first-order valence-electron chi connectivity index (χ1n) is 16.6. The zero-order valence-electron chi connectivity index (χ0n) is 29.0. The molecule has 3 aromatic carbocycles. The molecule has 0 saturated carbocycles. The van der Waals surface area contributed by atoms with Crippen LogP contribution in [0.3, 0.4) is 0 Å². The predicted molar refractivity (Wildman–Crippen MR) is 187 cm³/mol. The molecule has 5 rings (SSSR count). The number of hydrogen-bond acceptors (Lipinski definition) is 3. The van der Waals surface area contributed by atoms with Gasteiger partial charge in [-0.05, 0) is 65.6 Å². The molecule has 3 nitrogen and oxygen atoms in total. The number of allylic oxidation sites excluding steroid dienone is 2. The number of pyridine rings is 1. The van der Waals surface area contributed by atoms with Crippen molar-refractivity contribution in [1.82, 2.24) is 4.98 Å². The van der Waals surface area contributed by atoms with Gasteiger partial charge in [0, 0.05) is 48.6 Å². The van der Waals surface area contributed by atoms with Crippen molar-refractivity contribution in [3.8, 4) is 11.3 Å². The molecule has 1 aliphatic rings.